The number of fused-ring (bicyclic) bond motifs is 6. The van der Waals surface area contributed by atoms with Crippen LogP contribution in [-0.2, 0) is 25.4 Å². The maximum atomic E-state index is 14.7. The Labute approximate surface area is 322 Å². The van der Waals surface area contributed by atoms with Crippen molar-refractivity contribution < 1.29 is 77.3 Å². The zero-order valence-corrected chi connectivity index (χ0v) is 33.3. The predicted molar refractivity (Wildman–Crippen MR) is 191 cm³/mol. The Morgan fingerprint density at radius 1 is 0.304 bits per heavy atom. The highest BCUT2D eigenvalue weighted by atomic mass is 16.8. The van der Waals surface area contributed by atoms with Gasteiger partial charge in [-0.3, -0.25) is 0 Å². The molecule has 6 aliphatic heterocycles. The zero-order valence-electron chi connectivity index (χ0n) is 33.3. The van der Waals surface area contributed by atoms with E-state index in [1.807, 2.05) is 0 Å². The van der Waals surface area contributed by atoms with Crippen molar-refractivity contribution in [2.24, 2.45) is 0 Å². The summed E-state index contributed by atoms with van der Waals surface area (Å²) in [6.07, 6.45) is 0. The van der Waals surface area contributed by atoms with E-state index >= 15 is 0 Å². The van der Waals surface area contributed by atoms with Crippen LogP contribution in [0.2, 0.25) is 0 Å². The molecule has 0 unspecified atom stereocenters. The average molecular weight is 783 g/mol. The summed E-state index contributed by atoms with van der Waals surface area (Å²) >= 11 is 0. The lowest BCUT2D eigenvalue weighted by molar-refractivity contribution is -0.0551. The first-order valence-electron chi connectivity index (χ1n) is 18.4. The molecule has 0 saturated heterocycles. The number of aliphatic hydroxyl groups is 4. The molecule has 0 radical (unpaired) electrons. The van der Waals surface area contributed by atoms with E-state index < -0.39 is 60.1 Å². The molecule has 0 saturated carbocycles. The molecule has 0 spiro atoms. The van der Waals surface area contributed by atoms with E-state index in [4.69, 9.17) is 56.8 Å². The van der Waals surface area contributed by atoms with Crippen molar-refractivity contribution in [3.8, 4) is 69.0 Å². The lowest BCUT2D eigenvalue weighted by Gasteiger charge is -2.35. The first-order chi connectivity index (χ1) is 25.9. The molecule has 0 bridgehead atoms. The number of aliphatic hydroxyl groups excluding tert-OH is 3. The number of rotatable bonds is 6. The minimum Gasteiger partial charge on any atom is -0.449 e. The minimum atomic E-state index is -2.68. The number of hydrogen-bond acceptors (Lipinski definition) is 16. The molecule has 0 aliphatic carbocycles. The third kappa shape index (κ3) is 4.98. The Kier molecular flexibility index (Phi) is 7.04. The van der Waals surface area contributed by atoms with Crippen LogP contribution in [0.1, 0.15) is 116 Å². The molecule has 9 rings (SSSR count). The summed E-state index contributed by atoms with van der Waals surface area (Å²) in [6.45, 7) is 18.4. The van der Waals surface area contributed by atoms with Gasteiger partial charge in [0.2, 0.25) is 34.7 Å². The van der Waals surface area contributed by atoms with Crippen LogP contribution in [0.25, 0.3) is 0 Å². The third-order valence-electron chi connectivity index (χ3n) is 9.98. The van der Waals surface area contributed by atoms with Gasteiger partial charge >= 0.3 is 0 Å². The molecular formula is C40H46O16. The molecule has 3 aromatic carbocycles. The molecule has 3 aromatic rings. The second-order valence-corrected chi connectivity index (χ2v) is 17.3. The summed E-state index contributed by atoms with van der Waals surface area (Å²) in [4.78, 5) is 0. The van der Waals surface area contributed by atoms with Gasteiger partial charge in [-0.05, 0) is 0 Å². The Balaban J connectivity index is 1.54. The molecule has 16 nitrogen and oxygen atoms in total. The molecule has 4 N–H and O–H groups in total. The lowest BCUT2D eigenvalue weighted by atomic mass is 9.75. The Bertz CT molecular complexity index is 1880. The van der Waals surface area contributed by atoms with Crippen LogP contribution in [0.15, 0.2) is 0 Å². The SMILES string of the molecule is CC1(C)Oc2c(CO)c3c(c(C(O)(c4c5c(c(CO)c6c4OC(C)(C)O6)OC(C)(C)O5)c4c5c(c(CO)c6c4OC(C)(C)O6)OC(C)(C)O5)c2O1)OC(C)(C)O3. The van der Waals surface area contributed by atoms with E-state index in [1.54, 1.807) is 83.1 Å². The first-order valence-corrected chi connectivity index (χ1v) is 18.4. The van der Waals surface area contributed by atoms with Gasteiger partial charge in [0.05, 0.1) is 53.2 Å². The van der Waals surface area contributed by atoms with Crippen molar-refractivity contribution in [3.63, 3.8) is 0 Å². The molecular weight excluding hydrogens is 736 g/mol. The summed E-state index contributed by atoms with van der Waals surface area (Å²) in [7, 11) is 0. The highest BCUT2D eigenvalue weighted by Crippen LogP contribution is 2.71. The van der Waals surface area contributed by atoms with Crippen LogP contribution in [0, 0.1) is 0 Å². The standard InChI is InChI=1S/C40H46O16/c1-34(2)45-22-16(13-41)23-29(52-35(3,4)46-23)19(28(22)51-34)40(44,20-30-24(47-36(5,6)53-30)17(14-42)25-31(20)54-37(7,8)48-25)21-32-26(49-38(9,10)55-32)18(15-43)27-33(21)56-39(11,12)50-27/h41-44H,13-15H2,1-12H3. The van der Waals surface area contributed by atoms with Crippen molar-refractivity contribution in [1.29, 1.82) is 0 Å². The number of benzene rings is 3. The van der Waals surface area contributed by atoms with Crippen molar-refractivity contribution in [3.05, 3.63) is 33.4 Å². The van der Waals surface area contributed by atoms with E-state index in [-0.39, 0.29) is 102 Å². The van der Waals surface area contributed by atoms with Crippen LogP contribution in [0.3, 0.4) is 0 Å². The van der Waals surface area contributed by atoms with Gasteiger partial charge < -0.3 is 77.3 Å². The lowest BCUT2D eigenvalue weighted by Crippen LogP contribution is -2.36. The summed E-state index contributed by atoms with van der Waals surface area (Å²) in [6, 6.07) is 0. The Morgan fingerprint density at radius 3 is 0.589 bits per heavy atom. The quantitative estimate of drug-likeness (QED) is 0.229. The second-order valence-electron chi connectivity index (χ2n) is 17.3. The highest BCUT2D eigenvalue weighted by Gasteiger charge is 2.61. The van der Waals surface area contributed by atoms with E-state index in [2.05, 4.69) is 0 Å². The molecule has 0 aromatic heterocycles. The summed E-state index contributed by atoms with van der Waals surface area (Å²) in [5.74, 6) is -7.82. The van der Waals surface area contributed by atoms with Crippen molar-refractivity contribution in [2.45, 2.75) is 143 Å². The van der Waals surface area contributed by atoms with E-state index in [0.717, 1.165) is 0 Å². The maximum Gasteiger partial charge on any atom is 0.246 e. The monoisotopic (exact) mass is 782 g/mol. The molecule has 16 heteroatoms. The summed E-state index contributed by atoms with van der Waals surface area (Å²) in [5.41, 5.74) is -2.35. The minimum absolute atomic E-state index is 0.0308. The second kappa shape index (κ2) is 10.7. The highest BCUT2D eigenvalue weighted by molar-refractivity contribution is 5.83. The molecule has 0 amide bonds. The molecule has 302 valence electrons. The fourth-order valence-corrected chi connectivity index (χ4v) is 8.22. The van der Waals surface area contributed by atoms with Crippen molar-refractivity contribution >= 4 is 0 Å². The van der Waals surface area contributed by atoms with Gasteiger partial charge in [0.25, 0.3) is 0 Å². The summed E-state index contributed by atoms with van der Waals surface area (Å²) < 4.78 is 77.8. The van der Waals surface area contributed by atoms with Crippen LogP contribution >= 0.6 is 0 Å². The number of ether oxygens (including phenoxy) is 12. The van der Waals surface area contributed by atoms with Gasteiger partial charge in [-0.15, -0.1) is 0 Å². The van der Waals surface area contributed by atoms with Crippen LogP contribution in [0.5, 0.6) is 69.0 Å². The molecule has 56 heavy (non-hydrogen) atoms. The first kappa shape index (κ1) is 36.7. The zero-order chi connectivity index (χ0) is 40.5. The molecule has 0 atom stereocenters. The van der Waals surface area contributed by atoms with Gasteiger partial charge in [0, 0.05) is 83.1 Å². The predicted octanol–water partition coefficient (Wildman–Crippen LogP) is 5.49. The van der Waals surface area contributed by atoms with Gasteiger partial charge in [0.1, 0.15) is 0 Å². The normalized spacial score (nSPS) is 21.9. The van der Waals surface area contributed by atoms with E-state index in [1.165, 1.54) is 0 Å². The van der Waals surface area contributed by atoms with E-state index in [0.29, 0.717) is 0 Å². The van der Waals surface area contributed by atoms with Crippen LogP contribution < -0.4 is 56.8 Å². The fourth-order valence-electron chi connectivity index (χ4n) is 8.22. The number of hydrogen-bond donors (Lipinski definition) is 4. The third-order valence-corrected chi connectivity index (χ3v) is 9.98. The fraction of sp³-hybridized carbons (Fsp3) is 0.550. The summed E-state index contributed by atoms with van der Waals surface area (Å²) in [5, 5.41) is 47.3. The Hall–Kier alpha value is -4.90. The molecule has 0 fully saturated rings. The average Bonchev–Trinajstić information content (AvgIpc) is 3.86. The van der Waals surface area contributed by atoms with Crippen molar-refractivity contribution in [1.82, 2.24) is 0 Å². The van der Waals surface area contributed by atoms with Crippen LogP contribution in [-0.4, -0.2) is 55.1 Å². The van der Waals surface area contributed by atoms with Gasteiger partial charge in [-0.1, -0.05) is 0 Å². The van der Waals surface area contributed by atoms with Gasteiger partial charge in [-0.2, -0.15) is 0 Å². The van der Waals surface area contributed by atoms with Crippen molar-refractivity contribution in [2.75, 3.05) is 0 Å². The Morgan fingerprint density at radius 2 is 0.446 bits per heavy atom. The molecule has 6 heterocycles. The largest absolute Gasteiger partial charge is 0.449 e. The van der Waals surface area contributed by atoms with Gasteiger partial charge in [-0.25, -0.2) is 0 Å². The topological polar surface area (TPSA) is 192 Å². The molecule has 6 aliphatic rings. The van der Waals surface area contributed by atoms with Crippen LogP contribution in [0.4, 0.5) is 0 Å². The maximum absolute atomic E-state index is 14.7. The van der Waals surface area contributed by atoms with Gasteiger partial charge in [0.15, 0.2) is 74.6 Å². The van der Waals surface area contributed by atoms with E-state index in [9.17, 15) is 20.4 Å². The smallest absolute Gasteiger partial charge is 0.246 e.